The molecule has 0 radical (unpaired) electrons. The summed E-state index contributed by atoms with van der Waals surface area (Å²) in [6.45, 7) is 8.01. The van der Waals surface area contributed by atoms with Gasteiger partial charge in [0.2, 0.25) is 0 Å². The van der Waals surface area contributed by atoms with Gasteiger partial charge in [-0.15, -0.1) is 0 Å². The van der Waals surface area contributed by atoms with Crippen LogP contribution in [0.15, 0.2) is 61.3 Å². The van der Waals surface area contributed by atoms with Gasteiger partial charge in [0.15, 0.2) is 0 Å². The van der Waals surface area contributed by atoms with Crippen molar-refractivity contribution in [3.8, 4) is 11.8 Å². The molecule has 25 heavy (non-hydrogen) atoms. The molecule has 4 heteroatoms. The zero-order valence-corrected chi connectivity index (χ0v) is 15.3. The Kier molecular flexibility index (Phi) is 6.10. The van der Waals surface area contributed by atoms with E-state index in [2.05, 4.69) is 29.0 Å². The summed E-state index contributed by atoms with van der Waals surface area (Å²) in [5, 5.41) is 9.01. The lowest BCUT2D eigenvalue weighted by molar-refractivity contribution is 0.306. The van der Waals surface area contributed by atoms with E-state index in [1.54, 1.807) is 0 Å². The Morgan fingerprint density at radius 3 is 2.52 bits per heavy atom. The summed E-state index contributed by atoms with van der Waals surface area (Å²) >= 11 is 0. The monoisotopic (exact) mass is 332 g/mol. The lowest BCUT2D eigenvalue weighted by Gasteiger charge is -2.20. The number of imidazole rings is 1. The Balaban J connectivity index is 2.59. The Morgan fingerprint density at radius 1 is 1.32 bits per heavy atom. The fraction of sp³-hybridized carbons (Fsp3) is 0.238. The van der Waals surface area contributed by atoms with E-state index in [1.807, 2.05) is 75.8 Å². The van der Waals surface area contributed by atoms with Crippen LogP contribution in [0.1, 0.15) is 37.0 Å². The molecule has 0 spiro atoms. The Bertz CT molecular complexity index is 830. The molecule has 4 nitrogen and oxygen atoms in total. The van der Waals surface area contributed by atoms with Crippen LogP contribution in [0, 0.1) is 11.3 Å². The lowest BCUT2D eigenvalue weighted by atomic mass is 10.2. The summed E-state index contributed by atoms with van der Waals surface area (Å²) in [6.07, 6.45) is 9.79. The molecule has 2 aromatic rings. The normalized spacial score (nSPS) is 13.2. The molecular weight excluding hydrogens is 308 g/mol. The molecule has 0 amide bonds. The summed E-state index contributed by atoms with van der Waals surface area (Å²) in [5.41, 5.74) is 3.47. The molecular formula is C21H24N4. The molecule has 0 bridgehead atoms. The van der Waals surface area contributed by atoms with E-state index in [-0.39, 0.29) is 6.04 Å². The van der Waals surface area contributed by atoms with Gasteiger partial charge in [0.25, 0.3) is 0 Å². The number of nitrogens with zero attached hydrogens (tertiary/aromatic N) is 4. The van der Waals surface area contributed by atoms with Gasteiger partial charge in [0, 0.05) is 17.5 Å². The Hall–Kier alpha value is -2.90. The van der Waals surface area contributed by atoms with E-state index >= 15 is 0 Å². The molecule has 1 atom stereocenters. The van der Waals surface area contributed by atoms with Gasteiger partial charge >= 0.3 is 0 Å². The smallest absolute Gasteiger partial charge is 0.131 e. The van der Waals surface area contributed by atoms with Crippen molar-refractivity contribution in [2.45, 2.75) is 19.9 Å². The number of rotatable bonds is 6. The molecule has 1 unspecified atom stereocenters. The van der Waals surface area contributed by atoms with Gasteiger partial charge in [-0.1, -0.05) is 30.9 Å². The summed E-state index contributed by atoms with van der Waals surface area (Å²) in [5.74, 6) is 0.943. The van der Waals surface area contributed by atoms with Crippen molar-refractivity contribution in [2.24, 2.45) is 0 Å². The van der Waals surface area contributed by atoms with Crippen LogP contribution in [-0.4, -0.2) is 28.5 Å². The predicted octanol–water partition coefficient (Wildman–Crippen LogP) is 4.51. The van der Waals surface area contributed by atoms with E-state index in [1.165, 1.54) is 0 Å². The van der Waals surface area contributed by atoms with Crippen molar-refractivity contribution >= 4 is 5.57 Å². The van der Waals surface area contributed by atoms with Crippen molar-refractivity contribution in [1.82, 2.24) is 14.5 Å². The lowest BCUT2D eigenvalue weighted by Crippen LogP contribution is -2.20. The number of nitriles is 1. The number of hydrogen-bond donors (Lipinski definition) is 0. The molecule has 0 N–H and O–H groups in total. The Labute approximate surface area is 150 Å². The molecule has 1 aromatic heterocycles. The maximum Gasteiger partial charge on any atom is 0.131 e. The third-order valence-corrected chi connectivity index (χ3v) is 4.14. The average molecular weight is 332 g/mol. The van der Waals surface area contributed by atoms with E-state index in [9.17, 15) is 0 Å². The van der Waals surface area contributed by atoms with E-state index in [4.69, 9.17) is 10.2 Å². The molecule has 0 aliphatic rings. The summed E-state index contributed by atoms with van der Waals surface area (Å²) in [6, 6.07) is 9.82. The molecule has 0 fully saturated rings. The standard InChI is InChI=1S/C21H24N4/c1-6-8-9-18(7-2)20-15-25(21(23-20)16(3)24(4)5)19-12-10-17(14-22)11-13-19/h6-13,15-16H,2H2,1,3-5H3/b8-6-,18-9+. The van der Waals surface area contributed by atoms with Crippen LogP contribution in [0.2, 0.25) is 0 Å². The third kappa shape index (κ3) is 4.14. The van der Waals surface area contributed by atoms with Gasteiger partial charge in [0.05, 0.1) is 23.4 Å². The van der Waals surface area contributed by atoms with Crippen molar-refractivity contribution < 1.29 is 0 Å². The highest BCUT2D eigenvalue weighted by Gasteiger charge is 2.18. The second-order valence-electron chi connectivity index (χ2n) is 6.00. The SMILES string of the molecule is C=C/C(=C\C=C/C)c1cn(-c2ccc(C#N)cc2)c(C(C)N(C)C)n1. The molecule has 0 saturated heterocycles. The number of benzene rings is 1. The first-order chi connectivity index (χ1) is 12.0. The average Bonchev–Trinajstić information content (AvgIpc) is 3.06. The first-order valence-corrected chi connectivity index (χ1v) is 8.23. The zero-order chi connectivity index (χ0) is 18.4. The molecule has 2 rings (SSSR count). The maximum atomic E-state index is 9.01. The van der Waals surface area contributed by atoms with Crippen LogP contribution in [0.4, 0.5) is 0 Å². The van der Waals surface area contributed by atoms with Crippen molar-refractivity contribution in [1.29, 1.82) is 5.26 Å². The largest absolute Gasteiger partial charge is 0.302 e. The van der Waals surface area contributed by atoms with Gasteiger partial charge in [-0.05, 0) is 52.2 Å². The van der Waals surface area contributed by atoms with Crippen LogP contribution >= 0.6 is 0 Å². The zero-order valence-electron chi connectivity index (χ0n) is 15.3. The first kappa shape index (κ1) is 18.4. The highest BCUT2D eigenvalue weighted by molar-refractivity contribution is 5.72. The van der Waals surface area contributed by atoms with Gasteiger partial charge in [-0.2, -0.15) is 5.26 Å². The fourth-order valence-corrected chi connectivity index (χ4v) is 2.42. The molecule has 128 valence electrons. The van der Waals surface area contributed by atoms with E-state index < -0.39 is 0 Å². The van der Waals surface area contributed by atoms with Gasteiger partial charge in [0.1, 0.15) is 5.82 Å². The molecule has 1 aromatic carbocycles. The predicted molar refractivity (Wildman–Crippen MR) is 103 cm³/mol. The van der Waals surface area contributed by atoms with Crippen LogP contribution < -0.4 is 0 Å². The van der Waals surface area contributed by atoms with Crippen molar-refractivity contribution in [3.63, 3.8) is 0 Å². The molecule has 1 heterocycles. The van der Waals surface area contributed by atoms with Gasteiger partial charge < -0.3 is 4.57 Å². The summed E-state index contributed by atoms with van der Waals surface area (Å²) in [7, 11) is 4.07. The second kappa shape index (κ2) is 8.27. The Morgan fingerprint density at radius 2 is 2.00 bits per heavy atom. The number of hydrogen-bond acceptors (Lipinski definition) is 3. The first-order valence-electron chi connectivity index (χ1n) is 8.23. The van der Waals surface area contributed by atoms with Crippen LogP contribution in [0.25, 0.3) is 11.3 Å². The second-order valence-corrected chi connectivity index (χ2v) is 6.00. The minimum absolute atomic E-state index is 0.136. The van der Waals surface area contributed by atoms with Gasteiger partial charge in [-0.3, -0.25) is 4.90 Å². The van der Waals surface area contributed by atoms with E-state index in [0.717, 1.165) is 22.8 Å². The quantitative estimate of drug-likeness (QED) is 0.731. The van der Waals surface area contributed by atoms with Crippen LogP contribution in [0.5, 0.6) is 0 Å². The molecule has 0 aliphatic heterocycles. The van der Waals surface area contributed by atoms with Crippen molar-refractivity contribution in [3.05, 3.63) is 78.4 Å². The molecule has 0 saturated carbocycles. The minimum Gasteiger partial charge on any atom is -0.302 e. The fourth-order valence-electron chi connectivity index (χ4n) is 2.42. The van der Waals surface area contributed by atoms with Gasteiger partial charge in [-0.25, -0.2) is 4.98 Å². The topological polar surface area (TPSA) is 44.9 Å². The van der Waals surface area contributed by atoms with E-state index in [0.29, 0.717) is 5.56 Å². The van der Waals surface area contributed by atoms with Crippen LogP contribution in [0.3, 0.4) is 0 Å². The highest BCUT2D eigenvalue weighted by atomic mass is 15.2. The third-order valence-electron chi connectivity index (χ3n) is 4.14. The summed E-state index contributed by atoms with van der Waals surface area (Å²) < 4.78 is 2.08. The molecule has 0 aliphatic carbocycles. The maximum absolute atomic E-state index is 9.01. The number of aromatic nitrogens is 2. The highest BCUT2D eigenvalue weighted by Crippen LogP contribution is 2.25. The number of allylic oxidation sites excluding steroid dienone is 5. The minimum atomic E-state index is 0.136. The van der Waals surface area contributed by atoms with Crippen molar-refractivity contribution in [2.75, 3.05) is 14.1 Å². The van der Waals surface area contributed by atoms with Crippen LogP contribution in [-0.2, 0) is 0 Å². The summed E-state index contributed by atoms with van der Waals surface area (Å²) in [4.78, 5) is 6.98.